The lowest BCUT2D eigenvalue weighted by Gasteiger charge is -2.26. The van der Waals surface area contributed by atoms with Gasteiger partial charge in [0.2, 0.25) is 0 Å². The molecule has 16 aromatic rings. The van der Waals surface area contributed by atoms with E-state index >= 15 is 0 Å². The van der Waals surface area contributed by atoms with Gasteiger partial charge < -0.3 is 9.80 Å². The minimum absolute atomic E-state index is 1.01. The van der Waals surface area contributed by atoms with Crippen molar-refractivity contribution in [2.24, 2.45) is 0 Å². The lowest BCUT2D eigenvalue weighted by atomic mass is 9.96. The SMILES string of the molecule is c1ccc(-c2ccc(N(c3ccc(-c4ccc5ccc(-c6ccnc7sc8c(N(c9ccc(-c%10ccccc%10)cc9)c9ccc(-c%10ccc%11ccccc%11c%10)cc9)cccc8c67)cc5c4)cc3)c3cncc4c3sc3ccccc34)cc2)cc1. The van der Waals surface area contributed by atoms with E-state index in [1.54, 1.807) is 11.3 Å². The van der Waals surface area contributed by atoms with Crippen LogP contribution in [0.15, 0.2) is 304 Å². The topological polar surface area (TPSA) is 32.3 Å². The number of hydrogen-bond donors (Lipinski definition) is 0. The highest BCUT2D eigenvalue weighted by atomic mass is 32.1. The minimum atomic E-state index is 1.01. The van der Waals surface area contributed by atoms with Crippen LogP contribution in [0.3, 0.4) is 0 Å². The zero-order chi connectivity index (χ0) is 55.5. The number of aromatic nitrogens is 2. The zero-order valence-electron chi connectivity index (χ0n) is 45.5. The molecule has 0 saturated heterocycles. The third-order valence-corrected chi connectivity index (χ3v) is 18.8. The summed E-state index contributed by atoms with van der Waals surface area (Å²) in [6, 6.07) is 104. The molecule has 0 bridgehead atoms. The zero-order valence-corrected chi connectivity index (χ0v) is 47.1. The summed E-state index contributed by atoms with van der Waals surface area (Å²) in [7, 11) is 0. The molecule has 0 unspecified atom stereocenters. The van der Waals surface area contributed by atoms with E-state index in [4.69, 9.17) is 9.97 Å². The molecule has 0 aliphatic carbocycles. The van der Waals surface area contributed by atoms with Crippen LogP contribution in [0.5, 0.6) is 0 Å². The standard InChI is InChI=1S/C78H50N4S2/c1-3-12-51(13-4-1)54-28-36-64(37-29-54)81(65-40-32-56(33-41-65)60-25-22-53-16-7-8-17-59(53)46-60)72-20-11-19-70-75-68(44-45-80-78(75)84-76(70)72)62-27-24-58-23-26-61(47-63(58)48-62)57-34-42-67(43-35-57)82(66-38-30-55(31-39-66)52-14-5-2-6-15-52)73-50-79-49-71-69-18-9-10-21-74(69)83-77(71)73/h1-50H. The highest BCUT2D eigenvalue weighted by Gasteiger charge is 2.23. The lowest BCUT2D eigenvalue weighted by molar-refractivity contribution is 1.26. The van der Waals surface area contributed by atoms with Gasteiger partial charge in [0.05, 0.1) is 27.0 Å². The van der Waals surface area contributed by atoms with Crippen molar-refractivity contribution in [3.63, 3.8) is 0 Å². The molecule has 0 atom stereocenters. The molecule has 0 radical (unpaired) electrons. The molecule has 0 amide bonds. The van der Waals surface area contributed by atoms with Crippen LogP contribution in [0.2, 0.25) is 0 Å². The van der Waals surface area contributed by atoms with Gasteiger partial charge in [-0.15, -0.1) is 22.7 Å². The Kier molecular flexibility index (Phi) is 12.2. The maximum absolute atomic E-state index is 5.07. The normalized spacial score (nSPS) is 11.6. The van der Waals surface area contributed by atoms with E-state index in [2.05, 4.69) is 295 Å². The Morgan fingerprint density at radius 2 is 0.738 bits per heavy atom. The highest BCUT2D eigenvalue weighted by Crippen LogP contribution is 2.49. The Morgan fingerprint density at radius 3 is 1.36 bits per heavy atom. The molecule has 6 heteroatoms. The fourth-order valence-corrected chi connectivity index (χ4v) is 14.5. The molecule has 0 aliphatic rings. The molecule has 394 valence electrons. The van der Waals surface area contributed by atoms with Crippen LogP contribution in [-0.4, -0.2) is 9.97 Å². The highest BCUT2D eigenvalue weighted by molar-refractivity contribution is 7.26. The van der Waals surface area contributed by atoms with Crippen molar-refractivity contribution in [3.05, 3.63) is 304 Å². The largest absolute Gasteiger partial charge is 0.309 e. The van der Waals surface area contributed by atoms with Crippen LogP contribution >= 0.6 is 22.7 Å². The van der Waals surface area contributed by atoms with Gasteiger partial charge in [0, 0.05) is 61.4 Å². The first kappa shape index (κ1) is 49.3. The van der Waals surface area contributed by atoms with Gasteiger partial charge >= 0.3 is 0 Å². The summed E-state index contributed by atoms with van der Waals surface area (Å²) in [5.74, 6) is 0. The first-order valence-electron chi connectivity index (χ1n) is 28.3. The van der Waals surface area contributed by atoms with Gasteiger partial charge in [-0.1, -0.05) is 200 Å². The lowest BCUT2D eigenvalue weighted by Crippen LogP contribution is -2.10. The molecule has 0 saturated carbocycles. The number of anilines is 6. The van der Waals surface area contributed by atoms with E-state index < -0.39 is 0 Å². The van der Waals surface area contributed by atoms with E-state index in [9.17, 15) is 0 Å². The van der Waals surface area contributed by atoms with E-state index in [-0.39, 0.29) is 0 Å². The molecular weight excluding hydrogens is 1060 g/mol. The van der Waals surface area contributed by atoms with Crippen LogP contribution in [0.1, 0.15) is 0 Å². The molecule has 4 nitrogen and oxygen atoms in total. The second-order valence-electron chi connectivity index (χ2n) is 21.4. The molecule has 16 rings (SSSR count). The average molecular weight is 1110 g/mol. The van der Waals surface area contributed by atoms with E-state index in [0.29, 0.717) is 0 Å². The number of fused-ring (bicyclic) bond motifs is 8. The van der Waals surface area contributed by atoms with E-state index in [1.165, 1.54) is 90.7 Å². The van der Waals surface area contributed by atoms with Gasteiger partial charge in [0.1, 0.15) is 4.83 Å². The number of hydrogen-bond acceptors (Lipinski definition) is 6. The van der Waals surface area contributed by atoms with Gasteiger partial charge in [0.25, 0.3) is 0 Å². The number of benzene rings is 12. The van der Waals surface area contributed by atoms with Crippen molar-refractivity contribution in [2.45, 2.75) is 0 Å². The predicted molar refractivity (Wildman–Crippen MR) is 359 cm³/mol. The molecule has 4 heterocycles. The van der Waals surface area contributed by atoms with E-state index in [1.807, 2.05) is 29.9 Å². The molecule has 0 spiro atoms. The van der Waals surface area contributed by atoms with Gasteiger partial charge in [-0.25, -0.2) is 4.98 Å². The van der Waals surface area contributed by atoms with E-state index in [0.717, 1.165) is 61.0 Å². The van der Waals surface area contributed by atoms with Crippen LogP contribution < -0.4 is 9.80 Å². The van der Waals surface area contributed by atoms with Crippen LogP contribution in [-0.2, 0) is 0 Å². The summed E-state index contributed by atoms with van der Waals surface area (Å²) in [6.07, 6.45) is 5.99. The predicted octanol–water partition coefficient (Wildman–Crippen LogP) is 22.8. The smallest absolute Gasteiger partial charge is 0.125 e. The third-order valence-electron chi connectivity index (χ3n) is 16.4. The van der Waals surface area contributed by atoms with Crippen molar-refractivity contribution < 1.29 is 0 Å². The average Bonchev–Trinajstić information content (AvgIpc) is 2.11. The van der Waals surface area contributed by atoms with Crippen LogP contribution in [0, 0.1) is 0 Å². The quantitative estimate of drug-likeness (QED) is 0.129. The fourth-order valence-electron chi connectivity index (χ4n) is 12.2. The Bertz CT molecular complexity index is 5110. The molecular formula is C78H50N4S2. The summed E-state index contributed by atoms with van der Waals surface area (Å²) < 4.78 is 3.65. The van der Waals surface area contributed by atoms with Gasteiger partial charge in [0.15, 0.2) is 0 Å². The maximum atomic E-state index is 5.07. The summed E-state index contributed by atoms with van der Waals surface area (Å²) in [5, 5.41) is 9.59. The number of pyridine rings is 2. The number of nitrogens with zero attached hydrogens (tertiary/aromatic N) is 4. The summed E-state index contributed by atoms with van der Waals surface area (Å²) in [4.78, 5) is 15.7. The van der Waals surface area contributed by atoms with Crippen molar-refractivity contribution >= 4 is 119 Å². The van der Waals surface area contributed by atoms with Crippen molar-refractivity contribution in [1.82, 2.24) is 9.97 Å². The monoisotopic (exact) mass is 1110 g/mol. The first-order valence-corrected chi connectivity index (χ1v) is 30.0. The Hall–Kier alpha value is -10.5. The van der Waals surface area contributed by atoms with Crippen LogP contribution in [0.4, 0.5) is 34.1 Å². The maximum Gasteiger partial charge on any atom is 0.125 e. The van der Waals surface area contributed by atoms with Crippen molar-refractivity contribution in [1.29, 1.82) is 0 Å². The Labute approximate surface area is 494 Å². The minimum Gasteiger partial charge on any atom is -0.309 e. The molecule has 0 N–H and O–H groups in total. The molecule has 84 heavy (non-hydrogen) atoms. The summed E-state index contributed by atoms with van der Waals surface area (Å²) in [6.45, 7) is 0. The second-order valence-corrected chi connectivity index (χ2v) is 23.4. The third kappa shape index (κ3) is 8.84. The van der Waals surface area contributed by atoms with Gasteiger partial charge in [-0.3, -0.25) is 4.98 Å². The van der Waals surface area contributed by atoms with Crippen molar-refractivity contribution in [3.8, 4) is 55.6 Å². The fraction of sp³-hybridized carbons (Fsp3) is 0. The molecule has 0 aliphatic heterocycles. The van der Waals surface area contributed by atoms with Crippen LogP contribution in [0.25, 0.3) is 118 Å². The van der Waals surface area contributed by atoms with Gasteiger partial charge in [-0.2, -0.15) is 0 Å². The molecule has 12 aromatic carbocycles. The first-order chi connectivity index (χ1) is 41.6. The van der Waals surface area contributed by atoms with Gasteiger partial charge in [-0.05, 0) is 162 Å². The number of thiophene rings is 2. The summed E-state index contributed by atoms with van der Waals surface area (Å²) >= 11 is 3.58. The van der Waals surface area contributed by atoms with Crippen molar-refractivity contribution in [2.75, 3.05) is 9.80 Å². The Balaban J connectivity index is 0.757. The molecule has 4 aromatic heterocycles. The second kappa shape index (κ2) is 20.8. The summed E-state index contributed by atoms with van der Waals surface area (Å²) in [5.41, 5.74) is 18.2. The Morgan fingerprint density at radius 1 is 0.286 bits per heavy atom. The molecule has 0 fully saturated rings. The number of rotatable bonds is 11.